The molecule has 0 radical (unpaired) electrons. The number of unbranched alkanes of at least 4 members (excludes halogenated alkanes) is 1. The number of methoxy groups -OCH3 is 1. The monoisotopic (exact) mass is 244 g/mol. The summed E-state index contributed by atoms with van der Waals surface area (Å²) in [5.74, 6) is -0.106. The average Bonchev–Trinajstić information content (AvgIpc) is 2.28. The second-order valence-corrected chi connectivity index (χ2v) is 4.82. The zero-order chi connectivity index (χ0) is 13.3. The summed E-state index contributed by atoms with van der Waals surface area (Å²) in [6.45, 7) is 4.12. The minimum Gasteiger partial charge on any atom is -0.468 e. The molecule has 1 atom stereocenters. The van der Waals surface area contributed by atoms with E-state index < -0.39 is 0 Å². The normalized spacial score (nSPS) is 13.1. The van der Waals surface area contributed by atoms with Gasteiger partial charge in [0.1, 0.15) is 6.04 Å². The van der Waals surface area contributed by atoms with Crippen molar-refractivity contribution in [3.05, 3.63) is 0 Å². The standard InChI is InChI=1S/C13H28N2O2/c1-6-7-9-12(13(16)17-5)15(4)11-8-10-14(2)3/h12H,6-11H2,1-5H3. The third kappa shape index (κ3) is 7.34. The Morgan fingerprint density at radius 1 is 1.18 bits per heavy atom. The van der Waals surface area contributed by atoms with Crippen molar-refractivity contribution in [2.45, 2.75) is 38.6 Å². The first-order chi connectivity index (χ1) is 8.02. The van der Waals surface area contributed by atoms with Crippen LogP contribution in [-0.2, 0) is 9.53 Å². The van der Waals surface area contributed by atoms with Crippen LogP contribution in [0.15, 0.2) is 0 Å². The molecule has 0 aliphatic rings. The van der Waals surface area contributed by atoms with Crippen molar-refractivity contribution in [1.29, 1.82) is 0 Å². The van der Waals surface area contributed by atoms with E-state index in [4.69, 9.17) is 4.74 Å². The third-order valence-corrected chi connectivity index (χ3v) is 2.95. The summed E-state index contributed by atoms with van der Waals surface area (Å²) < 4.78 is 4.87. The third-order valence-electron chi connectivity index (χ3n) is 2.95. The van der Waals surface area contributed by atoms with Crippen LogP contribution in [-0.4, -0.2) is 63.2 Å². The molecular weight excluding hydrogens is 216 g/mol. The molecule has 102 valence electrons. The number of likely N-dealkylation sites (N-methyl/N-ethyl adjacent to an activating group) is 1. The molecule has 0 spiro atoms. The molecule has 0 saturated carbocycles. The van der Waals surface area contributed by atoms with Gasteiger partial charge in [0.25, 0.3) is 0 Å². The Hall–Kier alpha value is -0.610. The van der Waals surface area contributed by atoms with Gasteiger partial charge in [-0.25, -0.2) is 0 Å². The van der Waals surface area contributed by atoms with Crippen LogP contribution in [0.25, 0.3) is 0 Å². The van der Waals surface area contributed by atoms with Crippen molar-refractivity contribution in [1.82, 2.24) is 9.80 Å². The van der Waals surface area contributed by atoms with Gasteiger partial charge in [0.15, 0.2) is 0 Å². The maximum absolute atomic E-state index is 11.7. The van der Waals surface area contributed by atoms with E-state index >= 15 is 0 Å². The Kier molecular flexibility index (Phi) is 9.09. The fourth-order valence-corrected chi connectivity index (χ4v) is 1.84. The first-order valence-electron chi connectivity index (χ1n) is 6.45. The zero-order valence-electron chi connectivity index (χ0n) is 12.0. The predicted octanol–water partition coefficient (Wildman–Crippen LogP) is 1.60. The quantitative estimate of drug-likeness (QED) is 0.577. The predicted molar refractivity (Wildman–Crippen MR) is 71.1 cm³/mol. The van der Waals surface area contributed by atoms with Gasteiger partial charge in [0.05, 0.1) is 7.11 Å². The summed E-state index contributed by atoms with van der Waals surface area (Å²) in [7, 11) is 7.60. The molecule has 0 rings (SSSR count). The summed E-state index contributed by atoms with van der Waals surface area (Å²) in [5, 5.41) is 0. The van der Waals surface area contributed by atoms with Gasteiger partial charge in [-0.2, -0.15) is 0 Å². The number of nitrogens with zero attached hydrogens (tertiary/aromatic N) is 2. The van der Waals surface area contributed by atoms with E-state index in [1.165, 1.54) is 7.11 Å². The first kappa shape index (κ1) is 16.4. The van der Waals surface area contributed by atoms with E-state index in [2.05, 4.69) is 30.8 Å². The van der Waals surface area contributed by atoms with E-state index in [1.807, 2.05) is 7.05 Å². The van der Waals surface area contributed by atoms with Crippen molar-refractivity contribution < 1.29 is 9.53 Å². The van der Waals surface area contributed by atoms with Gasteiger partial charge in [-0.1, -0.05) is 19.8 Å². The molecule has 0 aromatic heterocycles. The highest BCUT2D eigenvalue weighted by atomic mass is 16.5. The zero-order valence-corrected chi connectivity index (χ0v) is 12.0. The molecule has 0 aromatic carbocycles. The number of hydrogen-bond acceptors (Lipinski definition) is 4. The fraction of sp³-hybridized carbons (Fsp3) is 0.923. The van der Waals surface area contributed by atoms with Crippen LogP contribution in [0.2, 0.25) is 0 Å². The molecule has 0 saturated heterocycles. The number of hydrogen-bond donors (Lipinski definition) is 0. The largest absolute Gasteiger partial charge is 0.468 e. The molecule has 0 aromatic rings. The SMILES string of the molecule is CCCCC(C(=O)OC)N(C)CCCN(C)C. The Morgan fingerprint density at radius 2 is 1.82 bits per heavy atom. The lowest BCUT2D eigenvalue weighted by Gasteiger charge is -2.26. The molecule has 0 amide bonds. The Labute approximate surface area is 106 Å². The van der Waals surface area contributed by atoms with Gasteiger partial charge in [-0.3, -0.25) is 9.69 Å². The van der Waals surface area contributed by atoms with E-state index in [9.17, 15) is 4.79 Å². The molecule has 4 nitrogen and oxygen atoms in total. The highest BCUT2D eigenvalue weighted by Gasteiger charge is 2.22. The van der Waals surface area contributed by atoms with Crippen molar-refractivity contribution in [3.63, 3.8) is 0 Å². The van der Waals surface area contributed by atoms with E-state index in [0.717, 1.165) is 38.8 Å². The van der Waals surface area contributed by atoms with Crippen LogP contribution < -0.4 is 0 Å². The fourth-order valence-electron chi connectivity index (χ4n) is 1.84. The lowest BCUT2D eigenvalue weighted by molar-refractivity contribution is -0.146. The molecule has 0 fully saturated rings. The van der Waals surface area contributed by atoms with Gasteiger partial charge in [0.2, 0.25) is 0 Å². The summed E-state index contributed by atoms with van der Waals surface area (Å²) >= 11 is 0. The van der Waals surface area contributed by atoms with E-state index in [-0.39, 0.29) is 12.0 Å². The van der Waals surface area contributed by atoms with Crippen LogP contribution in [0.5, 0.6) is 0 Å². The van der Waals surface area contributed by atoms with Crippen LogP contribution in [0.1, 0.15) is 32.6 Å². The summed E-state index contributed by atoms with van der Waals surface area (Å²) in [4.78, 5) is 16.0. The summed E-state index contributed by atoms with van der Waals surface area (Å²) in [5.41, 5.74) is 0. The molecule has 17 heavy (non-hydrogen) atoms. The van der Waals surface area contributed by atoms with Crippen molar-refractivity contribution in [2.75, 3.05) is 41.3 Å². The highest BCUT2D eigenvalue weighted by molar-refractivity contribution is 5.75. The van der Waals surface area contributed by atoms with E-state index in [0.29, 0.717) is 0 Å². The topological polar surface area (TPSA) is 32.8 Å². The lowest BCUT2D eigenvalue weighted by Crippen LogP contribution is -2.40. The Bertz CT molecular complexity index is 208. The van der Waals surface area contributed by atoms with Gasteiger partial charge in [-0.15, -0.1) is 0 Å². The van der Waals surface area contributed by atoms with E-state index in [1.54, 1.807) is 0 Å². The molecule has 0 N–H and O–H groups in total. The van der Waals surface area contributed by atoms with Crippen molar-refractivity contribution in [3.8, 4) is 0 Å². The molecule has 4 heteroatoms. The van der Waals surface area contributed by atoms with Crippen LogP contribution >= 0.6 is 0 Å². The summed E-state index contributed by atoms with van der Waals surface area (Å²) in [6, 6.07) is -0.0814. The second kappa shape index (κ2) is 9.42. The molecule has 0 heterocycles. The molecular formula is C13H28N2O2. The average molecular weight is 244 g/mol. The number of carbonyl (C=O) groups is 1. The van der Waals surface area contributed by atoms with Crippen molar-refractivity contribution >= 4 is 5.97 Å². The molecule has 0 bridgehead atoms. The van der Waals surface area contributed by atoms with Crippen LogP contribution in [0.3, 0.4) is 0 Å². The highest BCUT2D eigenvalue weighted by Crippen LogP contribution is 2.09. The van der Waals surface area contributed by atoms with Crippen molar-refractivity contribution in [2.24, 2.45) is 0 Å². The minimum absolute atomic E-state index is 0.0814. The molecule has 1 unspecified atom stereocenters. The number of esters is 1. The van der Waals surface area contributed by atoms with Gasteiger partial charge < -0.3 is 9.64 Å². The Morgan fingerprint density at radius 3 is 2.29 bits per heavy atom. The number of rotatable bonds is 9. The smallest absolute Gasteiger partial charge is 0.323 e. The lowest BCUT2D eigenvalue weighted by atomic mass is 10.1. The Balaban J connectivity index is 4.12. The maximum Gasteiger partial charge on any atom is 0.323 e. The van der Waals surface area contributed by atoms with Gasteiger partial charge in [-0.05, 0) is 47.1 Å². The minimum atomic E-state index is -0.106. The van der Waals surface area contributed by atoms with Gasteiger partial charge in [0, 0.05) is 0 Å². The van der Waals surface area contributed by atoms with Crippen LogP contribution in [0, 0.1) is 0 Å². The van der Waals surface area contributed by atoms with Crippen LogP contribution in [0.4, 0.5) is 0 Å². The molecule has 0 aliphatic carbocycles. The number of carbonyl (C=O) groups excluding carboxylic acids is 1. The summed E-state index contributed by atoms with van der Waals surface area (Å²) in [6.07, 6.45) is 4.14. The second-order valence-electron chi connectivity index (χ2n) is 4.82. The van der Waals surface area contributed by atoms with Gasteiger partial charge >= 0.3 is 5.97 Å². The maximum atomic E-state index is 11.7. The molecule has 0 aliphatic heterocycles. The first-order valence-corrected chi connectivity index (χ1v) is 6.45. The number of ether oxygens (including phenoxy) is 1.